The number of hydrogen-bond donors (Lipinski definition) is 1. The predicted octanol–water partition coefficient (Wildman–Crippen LogP) is 6.04. The Morgan fingerprint density at radius 2 is 1.88 bits per heavy atom. The third-order valence-corrected chi connectivity index (χ3v) is 5.27. The first kappa shape index (κ1) is 17.8. The molecule has 2 heterocycles. The van der Waals surface area contributed by atoms with Crippen molar-refractivity contribution in [1.29, 1.82) is 0 Å². The maximum atomic E-state index is 12.8. The molecule has 1 N–H and O–H groups in total. The van der Waals surface area contributed by atoms with Gasteiger partial charge in [0.1, 0.15) is 0 Å². The number of hydrogen-bond acceptors (Lipinski definition) is 3. The molecule has 0 radical (unpaired) electrons. The fraction of sp³-hybridized carbons (Fsp3) is 0.200. The van der Waals surface area contributed by atoms with Gasteiger partial charge in [0.25, 0.3) is 5.56 Å². The Labute approximate surface area is 156 Å². The van der Waals surface area contributed by atoms with E-state index in [0.717, 1.165) is 28.5 Å². The van der Waals surface area contributed by atoms with Crippen molar-refractivity contribution in [1.82, 2.24) is 4.98 Å². The van der Waals surface area contributed by atoms with Crippen LogP contribution in [0.4, 0.5) is 0 Å². The van der Waals surface area contributed by atoms with Crippen molar-refractivity contribution in [3.63, 3.8) is 0 Å². The molecule has 0 spiro atoms. The molecule has 0 saturated heterocycles. The summed E-state index contributed by atoms with van der Waals surface area (Å²) < 4.78 is 4.23. The number of aromatic amines is 1. The van der Waals surface area contributed by atoms with E-state index >= 15 is 0 Å². The first-order chi connectivity index (χ1) is 12.3. The molecule has 4 rings (SSSR count). The van der Waals surface area contributed by atoms with E-state index in [1.807, 2.05) is 62.5 Å². The van der Waals surface area contributed by atoms with E-state index in [9.17, 15) is 4.79 Å². The fourth-order valence-corrected chi connectivity index (χ4v) is 4.03. The molecule has 0 bridgehead atoms. The standard InChI is InChI=1S/C18H13ClN2OS.C2H6/c19-13-8-4-7-12-15(11-5-2-1-3-6-11)16(14-9-10-20-23-14)18(22)21-17(12)13;1-2/h1-8,10,14H,9H2,(H,21,22);1-2H3. The molecule has 128 valence electrons. The molecule has 3 aromatic rings. The SMILES string of the molecule is CC.O=c1[nH]c2c(Cl)cccc2c(-c2ccccc2)c1C1CC=NS1. The van der Waals surface area contributed by atoms with Crippen molar-refractivity contribution < 1.29 is 0 Å². The van der Waals surface area contributed by atoms with Crippen LogP contribution in [0.3, 0.4) is 0 Å². The van der Waals surface area contributed by atoms with E-state index in [1.165, 1.54) is 11.9 Å². The lowest BCUT2D eigenvalue weighted by molar-refractivity contribution is 1.01. The third kappa shape index (κ3) is 3.37. The number of H-pyrrole nitrogens is 1. The van der Waals surface area contributed by atoms with Gasteiger partial charge in [0.2, 0.25) is 0 Å². The third-order valence-electron chi connectivity index (χ3n) is 4.00. The van der Waals surface area contributed by atoms with Crippen molar-refractivity contribution in [2.45, 2.75) is 25.5 Å². The van der Waals surface area contributed by atoms with Crippen LogP contribution in [0.15, 0.2) is 57.7 Å². The van der Waals surface area contributed by atoms with Crippen LogP contribution in [0.5, 0.6) is 0 Å². The lowest BCUT2D eigenvalue weighted by atomic mass is 9.94. The van der Waals surface area contributed by atoms with E-state index in [1.54, 1.807) is 6.07 Å². The summed E-state index contributed by atoms with van der Waals surface area (Å²) in [5.74, 6) is 0. The first-order valence-electron chi connectivity index (χ1n) is 8.33. The van der Waals surface area contributed by atoms with Crippen LogP contribution in [0.2, 0.25) is 5.02 Å². The molecular formula is C20H19ClN2OS. The topological polar surface area (TPSA) is 45.2 Å². The van der Waals surface area contributed by atoms with Gasteiger partial charge in [0.15, 0.2) is 0 Å². The Bertz CT molecular complexity index is 959. The average Bonchev–Trinajstić information content (AvgIpc) is 3.18. The molecule has 0 aliphatic carbocycles. The summed E-state index contributed by atoms with van der Waals surface area (Å²) in [6.45, 7) is 4.00. The highest BCUT2D eigenvalue weighted by molar-refractivity contribution is 7.98. The highest BCUT2D eigenvalue weighted by Crippen LogP contribution is 2.42. The second kappa shape index (κ2) is 7.89. The zero-order chi connectivity index (χ0) is 17.8. The Balaban J connectivity index is 0.000000880. The number of benzene rings is 2. The molecule has 1 aliphatic heterocycles. The highest BCUT2D eigenvalue weighted by Gasteiger charge is 2.25. The minimum Gasteiger partial charge on any atom is -0.320 e. The second-order valence-corrected chi connectivity index (χ2v) is 6.79. The maximum Gasteiger partial charge on any atom is 0.253 e. The average molecular weight is 371 g/mol. The number of pyridine rings is 1. The summed E-state index contributed by atoms with van der Waals surface area (Å²) in [6.07, 6.45) is 2.63. The van der Waals surface area contributed by atoms with Crippen LogP contribution in [0.25, 0.3) is 22.0 Å². The molecule has 3 nitrogen and oxygen atoms in total. The van der Waals surface area contributed by atoms with Gasteiger partial charge in [0, 0.05) is 29.1 Å². The molecule has 0 fully saturated rings. The van der Waals surface area contributed by atoms with Gasteiger partial charge in [-0.25, -0.2) is 4.40 Å². The number of para-hydroxylation sites is 1. The normalized spacial score (nSPS) is 15.9. The van der Waals surface area contributed by atoms with Crippen LogP contribution >= 0.6 is 23.5 Å². The van der Waals surface area contributed by atoms with E-state index in [4.69, 9.17) is 11.6 Å². The summed E-state index contributed by atoms with van der Waals surface area (Å²) in [6, 6.07) is 15.7. The van der Waals surface area contributed by atoms with Gasteiger partial charge < -0.3 is 4.98 Å². The lowest BCUT2D eigenvalue weighted by Crippen LogP contribution is -2.16. The van der Waals surface area contributed by atoms with Crippen molar-refractivity contribution in [3.8, 4) is 11.1 Å². The van der Waals surface area contributed by atoms with Gasteiger partial charge in [-0.3, -0.25) is 4.79 Å². The van der Waals surface area contributed by atoms with E-state index in [-0.39, 0.29) is 10.8 Å². The summed E-state index contributed by atoms with van der Waals surface area (Å²) in [7, 11) is 0. The van der Waals surface area contributed by atoms with E-state index in [2.05, 4.69) is 9.38 Å². The van der Waals surface area contributed by atoms with E-state index in [0.29, 0.717) is 10.5 Å². The monoisotopic (exact) mass is 370 g/mol. The first-order valence-corrected chi connectivity index (χ1v) is 9.54. The molecule has 5 heteroatoms. The molecule has 1 aliphatic rings. The van der Waals surface area contributed by atoms with Crippen molar-refractivity contribution in [2.75, 3.05) is 0 Å². The van der Waals surface area contributed by atoms with Gasteiger partial charge >= 0.3 is 0 Å². The molecule has 25 heavy (non-hydrogen) atoms. The van der Waals surface area contributed by atoms with Crippen LogP contribution < -0.4 is 5.56 Å². The Hall–Kier alpha value is -2.04. The lowest BCUT2D eigenvalue weighted by Gasteiger charge is -2.16. The quantitative estimate of drug-likeness (QED) is 0.559. The number of nitrogens with one attached hydrogen (secondary N) is 1. The minimum absolute atomic E-state index is 0.0392. The minimum atomic E-state index is -0.0903. The highest BCUT2D eigenvalue weighted by atomic mass is 35.5. The molecule has 1 aromatic heterocycles. The van der Waals surface area contributed by atoms with Crippen molar-refractivity contribution in [2.24, 2.45) is 4.40 Å². The summed E-state index contributed by atoms with van der Waals surface area (Å²) in [5.41, 5.74) is 3.34. The van der Waals surface area contributed by atoms with Crippen LogP contribution in [0, 0.1) is 0 Å². The Morgan fingerprint density at radius 3 is 2.56 bits per heavy atom. The molecular weight excluding hydrogens is 352 g/mol. The fourth-order valence-electron chi connectivity index (χ4n) is 2.99. The van der Waals surface area contributed by atoms with Gasteiger partial charge in [-0.05, 0) is 23.6 Å². The van der Waals surface area contributed by atoms with Crippen molar-refractivity contribution >= 4 is 40.7 Å². The van der Waals surface area contributed by atoms with Crippen LogP contribution in [0.1, 0.15) is 31.1 Å². The maximum absolute atomic E-state index is 12.8. The largest absolute Gasteiger partial charge is 0.320 e. The van der Waals surface area contributed by atoms with Gasteiger partial charge in [-0.1, -0.05) is 67.9 Å². The van der Waals surface area contributed by atoms with Crippen LogP contribution in [-0.4, -0.2) is 11.2 Å². The predicted molar refractivity (Wildman–Crippen MR) is 110 cm³/mol. The van der Waals surface area contributed by atoms with Gasteiger partial charge in [-0.2, -0.15) is 0 Å². The number of nitrogens with zero attached hydrogens (tertiary/aromatic N) is 1. The second-order valence-electron chi connectivity index (χ2n) is 5.39. The van der Waals surface area contributed by atoms with Gasteiger partial charge in [0.05, 0.1) is 15.8 Å². The van der Waals surface area contributed by atoms with E-state index < -0.39 is 0 Å². The number of rotatable bonds is 2. The zero-order valence-electron chi connectivity index (χ0n) is 14.1. The molecule has 1 atom stereocenters. The smallest absolute Gasteiger partial charge is 0.253 e. The Kier molecular flexibility index (Phi) is 5.61. The molecule has 2 aromatic carbocycles. The number of fused-ring (bicyclic) bond motifs is 1. The number of halogens is 1. The molecule has 0 saturated carbocycles. The van der Waals surface area contributed by atoms with Crippen molar-refractivity contribution in [3.05, 3.63) is 69.5 Å². The molecule has 1 unspecified atom stereocenters. The zero-order valence-corrected chi connectivity index (χ0v) is 15.7. The Morgan fingerprint density at radius 1 is 1.12 bits per heavy atom. The summed E-state index contributed by atoms with van der Waals surface area (Å²) >= 11 is 7.75. The summed E-state index contributed by atoms with van der Waals surface area (Å²) in [5, 5.41) is 1.56. The number of aromatic nitrogens is 1. The molecule has 0 amide bonds. The summed E-state index contributed by atoms with van der Waals surface area (Å²) in [4.78, 5) is 15.7. The van der Waals surface area contributed by atoms with Gasteiger partial charge in [-0.15, -0.1) is 0 Å². The van der Waals surface area contributed by atoms with Crippen LogP contribution in [-0.2, 0) is 0 Å².